The lowest BCUT2D eigenvalue weighted by molar-refractivity contribution is -0.149. The van der Waals surface area contributed by atoms with E-state index in [1.165, 1.54) is 0 Å². The number of β-amino-alcohol motifs (C(OH)–C–C–N with tert-alkyl or cyclic N) is 1. The first-order valence-electron chi connectivity index (χ1n) is 11.6. The van der Waals surface area contributed by atoms with E-state index in [9.17, 15) is 15.0 Å². The van der Waals surface area contributed by atoms with Gasteiger partial charge in [0.1, 0.15) is 5.75 Å². The summed E-state index contributed by atoms with van der Waals surface area (Å²) in [5, 5.41) is 22.1. The van der Waals surface area contributed by atoms with Crippen molar-refractivity contribution in [2.24, 2.45) is 0 Å². The minimum absolute atomic E-state index is 0.331. The number of carbonyl (C=O) groups is 1. The van der Waals surface area contributed by atoms with E-state index in [0.717, 1.165) is 17.9 Å². The molecule has 1 unspecified atom stereocenters. The third-order valence-electron chi connectivity index (χ3n) is 6.66. The molecule has 1 heterocycles. The Balaban J connectivity index is 1.73. The number of carbonyl (C=O) groups excluding carboxylic acids is 1. The molecular formula is C28H32N2O4. The smallest absolute Gasteiger partial charge is 0.264 e. The Bertz CT molecular complexity index is 1030. The number of likely N-dealkylation sites (tertiary alicyclic amines) is 1. The van der Waals surface area contributed by atoms with Gasteiger partial charge >= 0.3 is 0 Å². The van der Waals surface area contributed by atoms with Crippen LogP contribution < -0.4 is 4.74 Å². The molecule has 0 saturated carbocycles. The lowest BCUT2D eigenvalue weighted by atomic mass is 9.84. The number of aliphatic hydroxyl groups is 2. The van der Waals surface area contributed by atoms with Crippen molar-refractivity contribution in [1.29, 1.82) is 0 Å². The van der Waals surface area contributed by atoms with Crippen LogP contribution in [0.15, 0.2) is 84.9 Å². The van der Waals surface area contributed by atoms with E-state index >= 15 is 0 Å². The summed E-state index contributed by atoms with van der Waals surface area (Å²) in [4.78, 5) is 17.9. The topological polar surface area (TPSA) is 73.2 Å². The largest absolute Gasteiger partial charge is 0.497 e. The van der Waals surface area contributed by atoms with Crippen molar-refractivity contribution < 1.29 is 19.7 Å². The second-order valence-corrected chi connectivity index (χ2v) is 8.85. The molecule has 1 saturated heterocycles. The first kappa shape index (κ1) is 24.0. The van der Waals surface area contributed by atoms with E-state index in [1.54, 1.807) is 43.3 Å². The first-order valence-corrected chi connectivity index (χ1v) is 11.6. The summed E-state index contributed by atoms with van der Waals surface area (Å²) >= 11 is 0. The summed E-state index contributed by atoms with van der Waals surface area (Å²) in [6.45, 7) is 1.87. The van der Waals surface area contributed by atoms with E-state index in [2.05, 4.69) is 4.90 Å². The molecule has 34 heavy (non-hydrogen) atoms. The molecule has 0 spiro atoms. The maximum atomic E-state index is 14.1. The quantitative estimate of drug-likeness (QED) is 0.540. The monoisotopic (exact) mass is 460 g/mol. The van der Waals surface area contributed by atoms with Gasteiger partial charge in [0.05, 0.1) is 19.3 Å². The van der Waals surface area contributed by atoms with Gasteiger partial charge in [0.25, 0.3) is 5.91 Å². The van der Waals surface area contributed by atoms with Crippen molar-refractivity contribution in [3.05, 3.63) is 102 Å². The van der Waals surface area contributed by atoms with E-state index in [0.29, 0.717) is 30.6 Å². The number of benzene rings is 3. The number of aliphatic hydroxyl groups excluding tert-OH is 1. The lowest BCUT2D eigenvalue weighted by Gasteiger charge is -2.38. The molecule has 0 aliphatic carbocycles. The molecule has 1 amide bonds. The van der Waals surface area contributed by atoms with Gasteiger partial charge in [-0.15, -0.1) is 0 Å². The Labute approximate surface area is 201 Å². The summed E-state index contributed by atoms with van der Waals surface area (Å²) in [7, 11) is 3.36. The molecule has 6 nitrogen and oxygen atoms in total. The molecular weight excluding hydrogens is 428 g/mol. The van der Waals surface area contributed by atoms with Gasteiger partial charge < -0.3 is 19.8 Å². The van der Waals surface area contributed by atoms with Crippen LogP contribution in [-0.2, 0) is 10.4 Å². The fourth-order valence-electron chi connectivity index (χ4n) is 4.67. The van der Waals surface area contributed by atoms with Gasteiger partial charge in [0, 0.05) is 26.7 Å². The zero-order valence-corrected chi connectivity index (χ0v) is 19.7. The molecule has 3 aromatic carbocycles. The van der Waals surface area contributed by atoms with E-state index in [4.69, 9.17) is 4.74 Å². The zero-order chi connectivity index (χ0) is 24.1. The normalized spacial score (nSPS) is 17.4. The average Bonchev–Trinajstić information content (AvgIpc) is 3.31. The van der Waals surface area contributed by atoms with Crippen LogP contribution in [0.5, 0.6) is 5.75 Å². The zero-order valence-electron chi connectivity index (χ0n) is 19.7. The summed E-state index contributed by atoms with van der Waals surface area (Å²) in [5.41, 5.74) is 0.125. The number of nitrogens with zero attached hydrogens (tertiary/aromatic N) is 2. The highest BCUT2D eigenvalue weighted by atomic mass is 16.5. The Morgan fingerprint density at radius 1 is 1.03 bits per heavy atom. The highest BCUT2D eigenvalue weighted by Gasteiger charge is 2.44. The van der Waals surface area contributed by atoms with Gasteiger partial charge in [0.2, 0.25) is 0 Å². The molecule has 4 rings (SSSR count). The van der Waals surface area contributed by atoms with E-state index < -0.39 is 11.5 Å². The maximum absolute atomic E-state index is 14.1. The number of hydrogen-bond acceptors (Lipinski definition) is 5. The molecule has 0 bridgehead atoms. The van der Waals surface area contributed by atoms with Crippen LogP contribution in [0.4, 0.5) is 0 Å². The Morgan fingerprint density at radius 2 is 1.59 bits per heavy atom. The molecule has 2 N–H and O–H groups in total. The summed E-state index contributed by atoms with van der Waals surface area (Å²) in [6.07, 6.45) is 0.355. The average molecular weight is 461 g/mol. The van der Waals surface area contributed by atoms with Crippen molar-refractivity contribution in [2.75, 3.05) is 33.8 Å². The highest BCUT2D eigenvalue weighted by Crippen LogP contribution is 2.35. The van der Waals surface area contributed by atoms with Crippen LogP contribution in [0.3, 0.4) is 0 Å². The summed E-state index contributed by atoms with van der Waals surface area (Å²) < 4.78 is 5.31. The van der Waals surface area contributed by atoms with Gasteiger partial charge in [-0.3, -0.25) is 9.69 Å². The maximum Gasteiger partial charge on any atom is 0.264 e. The summed E-state index contributed by atoms with van der Waals surface area (Å²) in [6, 6.07) is 25.4. The second kappa shape index (κ2) is 10.4. The Hall–Kier alpha value is -3.19. The second-order valence-electron chi connectivity index (χ2n) is 8.85. The molecule has 1 aliphatic heterocycles. The first-order chi connectivity index (χ1) is 16.4. The van der Waals surface area contributed by atoms with Gasteiger partial charge in [-0.1, -0.05) is 72.8 Å². The molecule has 178 valence electrons. The third kappa shape index (κ3) is 4.85. The molecule has 2 atom stereocenters. The lowest BCUT2D eigenvalue weighted by Crippen LogP contribution is -2.49. The van der Waals surface area contributed by atoms with Crippen LogP contribution >= 0.6 is 0 Å². The van der Waals surface area contributed by atoms with E-state index in [1.807, 2.05) is 60.7 Å². The number of amides is 1. The molecule has 1 aliphatic rings. The molecule has 6 heteroatoms. The number of likely N-dealkylation sites (N-methyl/N-ethyl adjacent to an activating group) is 1. The molecule has 0 aromatic heterocycles. The Kier molecular flexibility index (Phi) is 7.32. The Morgan fingerprint density at radius 3 is 2.06 bits per heavy atom. The van der Waals surface area contributed by atoms with Crippen LogP contribution in [-0.4, -0.2) is 65.8 Å². The van der Waals surface area contributed by atoms with Crippen molar-refractivity contribution in [2.45, 2.75) is 24.2 Å². The van der Waals surface area contributed by atoms with E-state index in [-0.39, 0.29) is 12.1 Å². The van der Waals surface area contributed by atoms with Crippen molar-refractivity contribution >= 4 is 5.91 Å². The van der Waals surface area contributed by atoms with Gasteiger partial charge in [-0.05, 0) is 35.2 Å². The highest BCUT2D eigenvalue weighted by molar-refractivity contribution is 5.90. The minimum atomic E-state index is -1.84. The van der Waals surface area contributed by atoms with Gasteiger partial charge in [0.15, 0.2) is 5.60 Å². The minimum Gasteiger partial charge on any atom is -0.497 e. The molecule has 1 fully saturated rings. The van der Waals surface area contributed by atoms with Crippen LogP contribution in [0, 0.1) is 0 Å². The predicted octanol–water partition coefficient (Wildman–Crippen LogP) is 3.20. The predicted molar refractivity (Wildman–Crippen MR) is 131 cm³/mol. The van der Waals surface area contributed by atoms with Crippen molar-refractivity contribution in [3.8, 4) is 5.75 Å². The summed E-state index contributed by atoms with van der Waals surface area (Å²) in [5.74, 6) is 0.323. The third-order valence-corrected chi connectivity index (χ3v) is 6.66. The van der Waals surface area contributed by atoms with Crippen molar-refractivity contribution in [3.63, 3.8) is 0 Å². The number of ether oxygens (including phenoxy) is 1. The van der Waals surface area contributed by atoms with Gasteiger partial charge in [-0.2, -0.15) is 0 Å². The standard InChI is InChI=1S/C28H32N2O4/c1-29(26(20-30-18-17-24(31)19-30)21-13-15-25(34-2)16-14-21)27(32)28(33,22-9-5-3-6-10-22)23-11-7-4-8-12-23/h3-16,24,26,31,33H,17-20H2,1-2H3/t24?,26-/m1/s1. The molecule has 3 aromatic rings. The SMILES string of the molecule is COc1ccc([C@@H](CN2CCC(O)C2)N(C)C(=O)C(O)(c2ccccc2)c2ccccc2)cc1. The number of rotatable bonds is 8. The van der Waals surface area contributed by atoms with Crippen LogP contribution in [0.1, 0.15) is 29.2 Å². The van der Waals surface area contributed by atoms with Crippen molar-refractivity contribution in [1.82, 2.24) is 9.80 Å². The fourth-order valence-corrected chi connectivity index (χ4v) is 4.67. The van der Waals surface area contributed by atoms with Crippen LogP contribution in [0.2, 0.25) is 0 Å². The fraction of sp³-hybridized carbons (Fsp3) is 0.321. The number of methoxy groups -OCH3 is 1. The van der Waals surface area contributed by atoms with Crippen LogP contribution in [0.25, 0.3) is 0 Å². The molecule has 0 radical (unpaired) electrons. The number of hydrogen-bond donors (Lipinski definition) is 2. The van der Waals surface area contributed by atoms with Gasteiger partial charge in [-0.25, -0.2) is 0 Å².